The molecular weight excluding hydrogens is 228 g/mol. The van der Waals surface area contributed by atoms with Crippen LogP contribution in [0.1, 0.15) is 10.5 Å². The number of rotatable bonds is 2. The van der Waals surface area contributed by atoms with E-state index in [1.54, 1.807) is 37.6 Å². The monoisotopic (exact) mass is 236 g/mol. The third kappa shape index (κ3) is 2.04. The van der Waals surface area contributed by atoms with Crippen LogP contribution in [-0.4, -0.2) is 20.7 Å². The van der Waals surface area contributed by atoms with Crippen LogP contribution < -0.4 is 5.32 Å². The maximum Gasteiger partial charge on any atom is 0.273 e. The van der Waals surface area contributed by atoms with E-state index in [4.69, 9.17) is 11.6 Å². The molecule has 0 aliphatic rings. The first-order valence-corrected chi connectivity index (χ1v) is 4.96. The molecule has 0 aliphatic heterocycles. The molecule has 0 aromatic carbocycles. The lowest BCUT2D eigenvalue weighted by atomic mass is 10.3. The van der Waals surface area contributed by atoms with Crippen molar-refractivity contribution in [2.45, 2.75) is 0 Å². The van der Waals surface area contributed by atoms with Crippen LogP contribution in [0, 0.1) is 0 Å². The van der Waals surface area contributed by atoms with Crippen LogP contribution in [0.15, 0.2) is 30.6 Å². The van der Waals surface area contributed by atoms with E-state index in [2.05, 4.69) is 15.4 Å². The van der Waals surface area contributed by atoms with Crippen LogP contribution in [0.5, 0.6) is 0 Å². The number of nitrogens with zero attached hydrogens (tertiary/aromatic N) is 3. The number of aromatic nitrogens is 3. The minimum absolute atomic E-state index is 0.262. The highest BCUT2D eigenvalue weighted by molar-refractivity contribution is 6.32. The zero-order valence-corrected chi connectivity index (χ0v) is 9.27. The lowest BCUT2D eigenvalue weighted by Gasteiger charge is -2.05. The summed E-state index contributed by atoms with van der Waals surface area (Å²) in [5.41, 5.74) is 0.940. The van der Waals surface area contributed by atoms with E-state index in [1.807, 2.05) is 0 Å². The highest BCUT2D eigenvalue weighted by atomic mass is 35.5. The SMILES string of the molecule is Cn1nccc1C(=O)Nc1cccnc1Cl. The van der Waals surface area contributed by atoms with E-state index >= 15 is 0 Å². The van der Waals surface area contributed by atoms with Crippen LogP contribution in [-0.2, 0) is 7.05 Å². The maximum absolute atomic E-state index is 11.8. The van der Waals surface area contributed by atoms with E-state index in [9.17, 15) is 4.79 Å². The second-order valence-electron chi connectivity index (χ2n) is 3.14. The van der Waals surface area contributed by atoms with Gasteiger partial charge >= 0.3 is 0 Å². The zero-order valence-electron chi connectivity index (χ0n) is 8.51. The summed E-state index contributed by atoms with van der Waals surface area (Å²) in [5.74, 6) is -0.269. The summed E-state index contributed by atoms with van der Waals surface area (Å²) in [6.07, 6.45) is 3.11. The number of nitrogens with one attached hydrogen (secondary N) is 1. The largest absolute Gasteiger partial charge is 0.318 e. The fraction of sp³-hybridized carbons (Fsp3) is 0.100. The van der Waals surface area contributed by atoms with E-state index in [1.165, 1.54) is 4.68 Å². The van der Waals surface area contributed by atoms with Crippen molar-refractivity contribution in [2.24, 2.45) is 7.05 Å². The standard InChI is InChI=1S/C10H9ClN4O/c1-15-8(4-6-13-15)10(16)14-7-3-2-5-12-9(7)11/h2-6H,1H3,(H,14,16). The number of halogens is 1. The fourth-order valence-electron chi connectivity index (χ4n) is 1.26. The molecule has 0 fully saturated rings. The van der Waals surface area contributed by atoms with Crippen molar-refractivity contribution in [2.75, 3.05) is 5.32 Å². The smallest absolute Gasteiger partial charge is 0.273 e. The minimum atomic E-state index is -0.269. The Labute approximate surface area is 97.1 Å². The average molecular weight is 237 g/mol. The molecule has 6 heteroatoms. The van der Waals surface area contributed by atoms with E-state index in [0.29, 0.717) is 11.4 Å². The minimum Gasteiger partial charge on any atom is -0.318 e. The first-order chi connectivity index (χ1) is 7.68. The number of carbonyl (C=O) groups is 1. The molecule has 1 N–H and O–H groups in total. The first-order valence-electron chi connectivity index (χ1n) is 4.58. The van der Waals surface area contributed by atoms with E-state index in [0.717, 1.165) is 0 Å². The number of hydrogen-bond donors (Lipinski definition) is 1. The number of hydrogen-bond acceptors (Lipinski definition) is 3. The van der Waals surface area contributed by atoms with Crippen molar-refractivity contribution in [3.8, 4) is 0 Å². The van der Waals surface area contributed by atoms with Gasteiger partial charge in [0.1, 0.15) is 5.69 Å². The predicted octanol–water partition coefficient (Wildman–Crippen LogP) is 1.72. The van der Waals surface area contributed by atoms with Gasteiger partial charge < -0.3 is 5.32 Å². The van der Waals surface area contributed by atoms with Crippen molar-refractivity contribution < 1.29 is 4.79 Å². The summed E-state index contributed by atoms with van der Waals surface area (Å²) >= 11 is 5.82. The van der Waals surface area contributed by atoms with Gasteiger partial charge in [-0.25, -0.2) is 4.98 Å². The van der Waals surface area contributed by atoms with Gasteiger partial charge in [0.25, 0.3) is 5.91 Å². The maximum atomic E-state index is 11.8. The highest BCUT2D eigenvalue weighted by Crippen LogP contribution is 2.18. The Hall–Kier alpha value is -1.88. The topological polar surface area (TPSA) is 59.8 Å². The summed E-state index contributed by atoms with van der Waals surface area (Å²) in [5, 5.41) is 6.83. The van der Waals surface area contributed by atoms with Gasteiger partial charge in [-0.1, -0.05) is 11.6 Å². The Bertz CT molecular complexity index is 523. The molecule has 0 atom stereocenters. The number of pyridine rings is 1. The molecule has 2 aromatic rings. The summed E-state index contributed by atoms with van der Waals surface area (Å²) in [6, 6.07) is 5.01. The number of amides is 1. The molecule has 0 saturated heterocycles. The van der Waals surface area contributed by atoms with Crippen molar-refractivity contribution in [1.29, 1.82) is 0 Å². The van der Waals surface area contributed by atoms with Crippen LogP contribution in [0.3, 0.4) is 0 Å². The van der Waals surface area contributed by atoms with Crippen molar-refractivity contribution >= 4 is 23.2 Å². The summed E-state index contributed by atoms with van der Waals surface area (Å²) < 4.78 is 1.49. The summed E-state index contributed by atoms with van der Waals surface area (Å²) in [4.78, 5) is 15.7. The van der Waals surface area contributed by atoms with Gasteiger partial charge in [0.05, 0.1) is 5.69 Å². The highest BCUT2D eigenvalue weighted by Gasteiger charge is 2.11. The van der Waals surface area contributed by atoms with E-state index < -0.39 is 0 Å². The summed E-state index contributed by atoms with van der Waals surface area (Å²) in [6.45, 7) is 0. The molecule has 2 aromatic heterocycles. The lowest BCUT2D eigenvalue weighted by Crippen LogP contribution is -2.16. The van der Waals surface area contributed by atoms with Crippen molar-refractivity contribution in [3.63, 3.8) is 0 Å². The zero-order chi connectivity index (χ0) is 11.5. The molecule has 0 aliphatic carbocycles. The molecule has 0 spiro atoms. The molecular formula is C10H9ClN4O. The number of aryl methyl sites for hydroxylation is 1. The third-order valence-electron chi connectivity index (χ3n) is 2.06. The normalized spacial score (nSPS) is 10.1. The van der Waals surface area contributed by atoms with Crippen LogP contribution in [0.25, 0.3) is 0 Å². The predicted molar refractivity (Wildman–Crippen MR) is 60.4 cm³/mol. The molecule has 1 amide bonds. The summed E-state index contributed by atoms with van der Waals surface area (Å²) in [7, 11) is 1.69. The lowest BCUT2D eigenvalue weighted by molar-refractivity contribution is 0.101. The van der Waals surface area contributed by atoms with Gasteiger partial charge in [-0.05, 0) is 18.2 Å². The second kappa shape index (κ2) is 4.32. The van der Waals surface area contributed by atoms with Gasteiger partial charge in [-0.2, -0.15) is 5.10 Å². The average Bonchev–Trinajstić information content (AvgIpc) is 2.68. The third-order valence-corrected chi connectivity index (χ3v) is 2.36. The quantitative estimate of drug-likeness (QED) is 0.808. The number of anilines is 1. The van der Waals surface area contributed by atoms with E-state index in [-0.39, 0.29) is 11.1 Å². The molecule has 2 rings (SSSR count). The van der Waals surface area contributed by atoms with Crippen molar-refractivity contribution in [1.82, 2.24) is 14.8 Å². The van der Waals surface area contributed by atoms with Gasteiger partial charge in [-0.15, -0.1) is 0 Å². The van der Waals surface area contributed by atoms with Crippen LogP contribution in [0.2, 0.25) is 5.15 Å². The fourth-order valence-corrected chi connectivity index (χ4v) is 1.43. The molecule has 0 radical (unpaired) electrons. The van der Waals surface area contributed by atoms with Gasteiger partial charge in [0, 0.05) is 19.4 Å². The molecule has 2 heterocycles. The van der Waals surface area contributed by atoms with Gasteiger partial charge in [0.15, 0.2) is 5.15 Å². The Kier molecular flexibility index (Phi) is 2.87. The Morgan fingerprint density at radius 2 is 2.25 bits per heavy atom. The Morgan fingerprint density at radius 3 is 2.88 bits per heavy atom. The van der Waals surface area contributed by atoms with Crippen LogP contribution in [0.4, 0.5) is 5.69 Å². The first kappa shape index (κ1) is 10.6. The van der Waals surface area contributed by atoms with Gasteiger partial charge in [0.2, 0.25) is 0 Å². The molecule has 0 bridgehead atoms. The van der Waals surface area contributed by atoms with Gasteiger partial charge in [-0.3, -0.25) is 9.48 Å². The Balaban J connectivity index is 2.21. The molecule has 0 saturated carbocycles. The molecule has 82 valence electrons. The molecule has 0 unspecified atom stereocenters. The Morgan fingerprint density at radius 1 is 1.44 bits per heavy atom. The van der Waals surface area contributed by atoms with Crippen molar-refractivity contribution in [3.05, 3.63) is 41.4 Å². The molecule has 16 heavy (non-hydrogen) atoms. The van der Waals surface area contributed by atoms with Crippen LogP contribution >= 0.6 is 11.6 Å². The second-order valence-corrected chi connectivity index (χ2v) is 3.49. The number of carbonyl (C=O) groups excluding carboxylic acids is 1. The molecule has 5 nitrogen and oxygen atoms in total.